The van der Waals surface area contributed by atoms with Crippen molar-refractivity contribution in [3.05, 3.63) is 113 Å². The van der Waals surface area contributed by atoms with Crippen LogP contribution in [0.25, 0.3) is 10.8 Å². The molecule has 0 aliphatic heterocycles. The van der Waals surface area contributed by atoms with Crippen molar-refractivity contribution >= 4 is 10.8 Å². The van der Waals surface area contributed by atoms with Crippen LogP contribution in [0, 0.1) is 35.3 Å². The summed E-state index contributed by atoms with van der Waals surface area (Å²) < 4.78 is 32.7. The van der Waals surface area contributed by atoms with Gasteiger partial charge in [0.2, 0.25) is 0 Å². The Bertz CT molecular complexity index is 1360. The third kappa shape index (κ3) is 5.15. The number of hydrogen-bond donors (Lipinski definition) is 0. The average Bonchev–Trinajstić information content (AvgIpc) is 2.84. The summed E-state index contributed by atoms with van der Waals surface area (Å²) in [6.07, 6.45) is 0.978. The highest BCUT2D eigenvalue weighted by atomic mass is 19.2. The molecule has 4 aromatic rings. The summed E-state index contributed by atoms with van der Waals surface area (Å²) in [6, 6.07) is 23.1. The SMILES string of the molecule is CCCOc1ccc(C#Cc2ccc(C#Cc3ccc4c(F)c(F)ccc4c3)cc2)cc1. The summed E-state index contributed by atoms with van der Waals surface area (Å²) in [7, 11) is 0. The van der Waals surface area contributed by atoms with E-state index in [1.807, 2.05) is 48.5 Å². The second-order valence-corrected chi connectivity index (χ2v) is 7.25. The van der Waals surface area contributed by atoms with E-state index in [0.29, 0.717) is 12.0 Å². The Labute approximate surface area is 186 Å². The van der Waals surface area contributed by atoms with Crippen molar-refractivity contribution in [2.24, 2.45) is 0 Å². The highest BCUT2D eigenvalue weighted by Gasteiger charge is 2.06. The summed E-state index contributed by atoms with van der Waals surface area (Å²) in [5, 5.41) is 0.868. The third-order valence-corrected chi connectivity index (χ3v) is 4.82. The van der Waals surface area contributed by atoms with Crippen LogP contribution in [0.15, 0.2) is 78.9 Å². The van der Waals surface area contributed by atoms with Gasteiger partial charge in [0.25, 0.3) is 0 Å². The van der Waals surface area contributed by atoms with Gasteiger partial charge in [-0.1, -0.05) is 42.7 Å². The molecular formula is C29H20F2O. The fourth-order valence-electron chi connectivity index (χ4n) is 3.12. The molecule has 0 fully saturated rings. The number of rotatable bonds is 3. The summed E-state index contributed by atoms with van der Waals surface area (Å²) in [6.45, 7) is 2.78. The van der Waals surface area contributed by atoms with Crippen molar-refractivity contribution in [2.75, 3.05) is 6.61 Å². The maximum atomic E-state index is 13.8. The fourth-order valence-corrected chi connectivity index (χ4v) is 3.12. The first-order chi connectivity index (χ1) is 15.6. The van der Waals surface area contributed by atoms with E-state index in [2.05, 4.69) is 30.6 Å². The molecule has 0 unspecified atom stereocenters. The van der Waals surface area contributed by atoms with E-state index in [4.69, 9.17) is 4.74 Å². The standard InChI is InChI=1S/C29H20F2O/c1-2-19-32-26-15-11-23(12-16-26)8-7-21-3-5-22(6-4-21)9-10-24-13-17-27-25(20-24)14-18-28(30)29(27)31/h3-6,11-18,20H,2,19H2,1H3. The predicted octanol–water partition coefficient (Wildman–Crippen LogP) is 6.71. The van der Waals surface area contributed by atoms with Crippen LogP contribution in [0.4, 0.5) is 8.78 Å². The second-order valence-electron chi connectivity index (χ2n) is 7.25. The number of benzene rings is 4. The van der Waals surface area contributed by atoms with Gasteiger partial charge < -0.3 is 4.74 Å². The maximum Gasteiger partial charge on any atom is 0.166 e. The minimum atomic E-state index is -0.850. The second kappa shape index (κ2) is 9.82. The predicted molar refractivity (Wildman–Crippen MR) is 124 cm³/mol. The molecule has 4 rings (SSSR count). The van der Waals surface area contributed by atoms with Gasteiger partial charge >= 0.3 is 0 Å². The average molecular weight is 422 g/mol. The zero-order valence-corrected chi connectivity index (χ0v) is 17.6. The normalized spacial score (nSPS) is 10.1. The highest BCUT2D eigenvalue weighted by molar-refractivity contribution is 5.84. The molecule has 156 valence electrons. The Balaban J connectivity index is 1.45. The molecule has 3 heteroatoms. The summed E-state index contributed by atoms with van der Waals surface area (Å²) in [5.74, 6) is 11.6. The largest absolute Gasteiger partial charge is 0.494 e. The fraction of sp³-hybridized carbons (Fsp3) is 0.103. The highest BCUT2D eigenvalue weighted by Crippen LogP contribution is 2.21. The molecule has 0 aliphatic rings. The van der Waals surface area contributed by atoms with Crippen LogP contribution in [0.3, 0.4) is 0 Å². The van der Waals surface area contributed by atoms with Gasteiger partial charge in [0.1, 0.15) is 5.75 Å². The lowest BCUT2D eigenvalue weighted by Gasteiger charge is -2.03. The maximum absolute atomic E-state index is 13.8. The van der Waals surface area contributed by atoms with Crippen LogP contribution >= 0.6 is 0 Å². The lowest BCUT2D eigenvalue weighted by atomic mass is 10.1. The summed E-state index contributed by atoms with van der Waals surface area (Å²) in [4.78, 5) is 0. The van der Waals surface area contributed by atoms with E-state index in [0.717, 1.165) is 40.5 Å². The molecule has 0 spiro atoms. The molecule has 0 saturated heterocycles. The van der Waals surface area contributed by atoms with E-state index in [-0.39, 0.29) is 5.39 Å². The molecule has 0 bridgehead atoms. The molecule has 0 saturated carbocycles. The van der Waals surface area contributed by atoms with E-state index < -0.39 is 11.6 Å². The van der Waals surface area contributed by atoms with Crippen molar-refractivity contribution in [1.29, 1.82) is 0 Å². The summed E-state index contributed by atoms with van der Waals surface area (Å²) in [5.41, 5.74) is 3.40. The molecule has 4 aromatic carbocycles. The van der Waals surface area contributed by atoms with E-state index in [9.17, 15) is 8.78 Å². The Kier molecular flexibility index (Phi) is 6.49. The molecule has 1 nitrogen and oxygen atoms in total. The molecule has 0 aromatic heterocycles. The van der Waals surface area contributed by atoms with Crippen LogP contribution in [0.5, 0.6) is 5.75 Å². The molecular weight excluding hydrogens is 402 g/mol. The minimum absolute atomic E-state index is 0.251. The van der Waals surface area contributed by atoms with Crippen molar-refractivity contribution in [3.63, 3.8) is 0 Å². The smallest absolute Gasteiger partial charge is 0.166 e. The van der Waals surface area contributed by atoms with Crippen molar-refractivity contribution in [3.8, 4) is 29.4 Å². The number of fused-ring (bicyclic) bond motifs is 1. The van der Waals surface area contributed by atoms with Crippen molar-refractivity contribution < 1.29 is 13.5 Å². The first-order valence-electron chi connectivity index (χ1n) is 10.4. The van der Waals surface area contributed by atoms with Gasteiger partial charge in [-0.25, -0.2) is 8.78 Å². The van der Waals surface area contributed by atoms with E-state index in [1.54, 1.807) is 24.3 Å². The zero-order valence-electron chi connectivity index (χ0n) is 17.6. The quantitative estimate of drug-likeness (QED) is 0.334. The van der Waals surface area contributed by atoms with Gasteiger partial charge in [0.05, 0.1) is 6.61 Å². The van der Waals surface area contributed by atoms with Gasteiger partial charge in [0.15, 0.2) is 11.6 Å². The number of hydrogen-bond acceptors (Lipinski definition) is 1. The lowest BCUT2D eigenvalue weighted by molar-refractivity contribution is 0.317. The third-order valence-electron chi connectivity index (χ3n) is 4.82. The molecule has 0 amide bonds. The van der Waals surface area contributed by atoms with Gasteiger partial charge in [-0.15, -0.1) is 0 Å². The zero-order chi connectivity index (χ0) is 22.3. The number of halogens is 2. The first-order valence-corrected chi connectivity index (χ1v) is 10.4. The molecule has 0 aliphatic carbocycles. The van der Waals surface area contributed by atoms with Crippen molar-refractivity contribution in [2.45, 2.75) is 13.3 Å². The molecule has 0 heterocycles. The first kappa shape index (κ1) is 21.2. The Morgan fingerprint density at radius 2 is 1.19 bits per heavy atom. The lowest BCUT2D eigenvalue weighted by Crippen LogP contribution is -1.94. The summed E-state index contributed by atoms with van der Waals surface area (Å²) >= 11 is 0. The van der Waals surface area contributed by atoms with Gasteiger partial charge in [-0.2, -0.15) is 0 Å². The van der Waals surface area contributed by atoms with Crippen molar-refractivity contribution in [1.82, 2.24) is 0 Å². The molecule has 32 heavy (non-hydrogen) atoms. The molecule has 0 radical (unpaired) electrons. The van der Waals surface area contributed by atoms with Gasteiger partial charge in [-0.3, -0.25) is 0 Å². The topological polar surface area (TPSA) is 9.23 Å². The van der Waals surface area contributed by atoms with Gasteiger partial charge in [0, 0.05) is 27.6 Å². The monoisotopic (exact) mass is 422 g/mol. The van der Waals surface area contributed by atoms with Crippen LogP contribution < -0.4 is 4.74 Å². The van der Waals surface area contributed by atoms with Crippen LogP contribution in [0.1, 0.15) is 35.6 Å². The minimum Gasteiger partial charge on any atom is -0.494 e. The van der Waals surface area contributed by atoms with Crippen LogP contribution in [0.2, 0.25) is 0 Å². The Morgan fingerprint density at radius 3 is 1.78 bits per heavy atom. The molecule has 0 N–H and O–H groups in total. The Morgan fingerprint density at radius 1 is 0.656 bits per heavy atom. The van der Waals surface area contributed by atoms with E-state index in [1.165, 1.54) is 0 Å². The Hall–Kier alpha value is -4.08. The van der Waals surface area contributed by atoms with Crippen LogP contribution in [-0.2, 0) is 0 Å². The van der Waals surface area contributed by atoms with E-state index >= 15 is 0 Å². The number of ether oxygens (including phenoxy) is 1. The van der Waals surface area contributed by atoms with Gasteiger partial charge in [-0.05, 0) is 78.5 Å². The van der Waals surface area contributed by atoms with Crippen LogP contribution in [-0.4, -0.2) is 6.61 Å². The molecule has 0 atom stereocenters.